The Labute approximate surface area is 145 Å². The Balaban J connectivity index is 1.71. The van der Waals surface area contributed by atoms with E-state index in [1.54, 1.807) is 12.4 Å². The molecule has 1 amide bonds. The molecule has 0 aliphatic heterocycles. The largest absolute Gasteiger partial charge is 0.325 e. The highest BCUT2D eigenvalue weighted by Gasteiger charge is 2.12. The lowest BCUT2D eigenvalue weighted by Gasteiger charge is -2.12. The summed E-state index contributed by atoms with van der Waals surface area (Å²) >= 11 is 1.53. The van der Waals surface area contributed by atoms with Crippen molar-refractivity contribution in [3.8, 4) is 10.6 Å². The molecule has 0 aliphatic carbocycles. The van der Waals surface area contributed by atoms with E-state index in [0.717, 1.165) is 33.1 Å². The summed E-state index contributed by atoms with van der Waals surface area (Å²) in [6, 6.07) is 8.00. The van der Waals surface area contributed by atoms with Crippen LogP contribution in [0.2, 0.25) is 0 Å². The average Bonchev–Trinajstić information content (AvgIpc) is 3.00. The molecule has 3 rings (SSSR count). The molecule has 0 saturated heterocycles. The number of benzene rings is 1. The molecule has 0 saturated carbocycles. The van der Waals surface area contributed by atoms with Crippen LogP contribution in [0.4, 0.5) is 5.69 Å². The van der Waals surface area contributed by atoms with Gasteiger partial charge in [0.2, 0.25) is 5.91 Å². The number of pyridine rings is 1. The highest BCUT2D eigenvalue weighted by atomic mass is 32.1. The maximum Gasteiger partial charge on any atom is 0.230 e. The molecule has 2 heterocycles. The van der Waals surface area contributed by atoms with Gasteiger partial charge in [-0.05, 0) is 44.0 Å². The van der Waals surface area contributed by atoms with E-state index in [-0.39, 0.29) is 12.3 Å². The fraction of sp³-hybridized carbons (Fsp3) is 0.211. The van der Waals surface area contributed by atoms with Crippen molar-refractivity contribution in [2.75, 3.05) is 5.32 Å². The van der Waals surface area contributed by atoms with Crippen molar-refractivity contribution in [1.29, 1.82) is 0 Å². The SMILES string of the molecule is Cc1cc(C)c(NC(=O)Cc2csc(-c3cccnc3)n2)c(C)c1. The minimum Gasteiger partial charge on any atom is -0.325 e. The lowest BCUT2D eigenvalue weighted by Crippen LogP contribution is -2.16. The van der Waals surface area contributed by atoms with E-state index in [0.29, 0.717) is 0 Å². The van der Waals surface area contributed by atoms with Gasteiger partial charge in [-0.15, -0.1) is 11.3 Å². The number of hydrogen-bond donors (Lipinski definition) is 1. The zero-order valence-corrected chi connectivity index (χ0v) is 14.8. The summed E-state index contributed by atoms with van der Waals surface area (Å²) in [6.45, 7) is 6.08. The predicted molar refractivity (Wildman–Crippen MR) is 98.3 cm³/mol. The molecule has 1 N–H and O–H groups in total. The van der Waals surface area contributed by atoms with Crippen LogP contribution in [0.15, 0.2) is 42.0 Å². The molecule has 122 valence electrons. The number of anilines is 1. The Kier molecular flexibility index (Phi) is 4.71. The normalized spacial score (nSPS) is 10.6. The molecule has 0 aliphatic rings. The van der Waals surface area contributed by atoms with Gasteiger partial charge in [0.1, 0.15) is 5.01 Å². The summed E-state index contributed by atoms with van der Waals surface area (Å²) in [7, 11) is 0. The Morgan fingerprint density at radius 2 is 1.96 bits per heavy atom. The minimum atomic E-state index is -0.0481. The number of rotatable bonds is 4. The smallest absolute Gasteiger partial charge is 0.230 e. The van der Waals surface area contributed by atoms with Crippen LogP contribution < -0.4 is 5.32 Å². The molecule has 0 radical (unpaired) electrons. The lowest BCUT2D eigenvalue weighted by atomic mass is 10.0. The van der Waals surface area contributed by atoms with Gasteiger partial charge in [-0.3, -0.25) is 9.78 Å². The van der Waals surface area contributed by atoms with E-state index in [1.165, 1.54) is 16.9 Å². The van der Waals surface area contributed by atoms with E-state index in [2.05, 4.69) is 34.3 Å². The van der Waals surface area contributed by atoms with Crippen molar-refractivity contribution >= 4 is 22.9 Å². The van der Waals surface area contributed by atoms with E-state index in [9.17, 15) is 4.79 Å². The average molecular weight is 337 g/mol. The number of amides is 1. The Morgan fingerprint density at radius 1 is 1.21 bits per heavy atom. The molecule has 0 atom stereocenters. The van der Waals surface area contributed by atoms with Crippen LogP contribution in [0.25, 0.3) is 10.6 Å². The van der Waals surface area contributed by atoms with Crippen LogP contribution in [0.3, 0.4) is 0 Å². The Hall–Kier alpha value is -2.53. The second kappa shape index (κ2) is 6.93. The number of nitrogens with zero attached hydrogens (tertiary/aromatic N) is 2. The third-order valence-corrected chi connectivity index (χ3v) is 4.68. The van der Waals surface area contributed by atoms with Crippen LogP contribution in [-0.4, -0.2) is 15.9 Å². The van der Waals surface area contributed by atoms with Crippen molar-refractivity contribution in [1.82, 2.24) is 9.97 Å². The van der Waals surface area contributed by atoms with Crippen molar-refractivity contribution in [2.24, 2.45) is 0 Å². The number of thiazole rings is 1. The van der Waals surface area contributed by atoms with Crippen molar-refractivity contribution in [3.63, 3.8) is 0 Å². The first-order valence-corrected chi connectivity index (χ1v) is 8.63. The second-order valence-corrected chi connectivity index (χ2v) is 6.74. The fourth-order valence-electron chi connectivity index (χ4n) is 2.74. The summed E-state index contributed by atoms with van der Waals surface area (Å²) in [6.07, 6.45) is 3.78. The maximum atomic E-state index is 12.4. The highest BCUT2D eigenvalue weighted by molar-refractivity contribution is 7.13. The minimum absolute atomic E-state index is 0.0481. The number of nitrogens with one attached hydrogen (secondary N) is 1. The monoisotopic (exact) mass is 337 g/mol. The maximum absolute atomic E-state index is 12.4. The van der Waals surface area contributed by atoms with Gasteiger partial charge in [-0.1, -0.05) is 17.7 Å². The van der Waals surface area contributed by atoms with E-state index in [4.69, 9.17) is 0 Å². The summed E-state index contributed by atoms with van der Waals surface area (Å²) in [5.41, 5.74) is 6.00. The van der Waals surface area contributed by atoms with Gasteiger partial charge in [0.15, 0.2) is 0 Å². The third-order valence-electron chi connectivity index (χ3n) is 3.74. The third kappa shape index (κ3) is 3.68. The van der Waals surface area contributed by atoms with Gasteiger partial charge in [-0.2, -0.15) is 0 Å². The van der Waals surface area contributed by atoms with E-state index < -0.39 is 0 Å². The van der Waals surface area contributed by atoms with E-state index >= 15 is 0 Å². The van der Waals surface area contributed by atoms with Crippen LogP contribution in [0, 0.1) is 20.8 Å². The number of carbonyl (C=O) groups excluding carboxylic acids is 1. The molecule has 0 bridgehead atoms. The molecule has 0 fully saturated rings. The van der Waals surface area contributed by atoms with Crippen molar-refractivity contribution in [3.05, 3.63) is 64.4 Å². The van der Waals surface area contributed by atoms with Gasteiger partial charge in [0.25, 0.3) is 0 Å². The lowest BCUT2D eigenvalue weighted by molar-refractivity contribution is -0.115. The zero-order valence-electron chi connectivity index (χ0n) is 14.0. The molecule has 24 heavy (non-hydrogen) atoms. The van der Waals surface area contributed by atoms with Gasteiger partial charge in [-0.25, -0.2) is 4.98 Å². The predicted octanol–water partition coefficient (Wildman–Crippen LogP) is 4.31. The molecule has 0 spiro atoms. The first kappa shape index (κ1) is 16.3. The molecule has 5 heteroatoms. The molecule has 0 unspecified atom stereocenters. The zero-order chi connectivity index (χ0) is 17.1. The van der Waals surface area contributed by atoms with Gasteiger partial charge < -0.3 is 5.32 Å². The summed E-state index contributed by atoms with van der Waals surface area (Å²) in [5.74, 6) is -0.0481. The standard InChI is InChI=1S/C19H19N3OS/c1-12-7-13(2)18(14(3)8-12)22-17(23)9-16-11-24-19(21-16)15-5-4-6-20-10-15/h4-8,10-11H,9H2,1-3H3,(H,22,23). The van der Waals surface area contributed by atoms with Crippen LogP contribution >= 0.6 is 11.3 Å². The highest BCUT2D eigenvalue weighted by Crippen LogP contribution is 2.24. The summed E-state index contributed by atoms with van der Waals surface area (Å²) in [4.78, 5) is 21.0. The van der Waals surface area contributed by atoms with Gasteiger partial charge in [0, 0.05) is 29.0 Å². The fourth-order valence-corrected chi connectivity index (χ4v) is 3.55. The summed E-state index contributed by atoms with van der Waals surface area (Å²) in [5, 5.41) is 5.83. The van der Waals surface area contributed by atoms with Gasteiger partial charge >= 0.3 is 0 Å². The Bertz CT molecular complexity index is 848. The van der Waals surface area contributed by atoms with Gasteiger partial charge in [0.05, 0.1) is 12.1 Å². The number of aromatic nitrogens is 2. The quantitative estimate of drug-likeness (QED) is 0.772. The van der Waals surface area contributed by atoms with Crippen molar-refractivity contribution < 1.29 is 4.79 Å². The van der Waals surface area contributed by atoms with Crippen LogP contribution in [0.5, 0.6) is 0 Å². The van der Waals surface area contributed by atoms with Crippen LogP contribution in [-0.2, 0) is 11.2 Å². The molecule has 4 nitrogen and oxygen atoms in total. The Morgan fingerprint density at radius 3 is 2.62 bits per heavy atom. The molecular formula is C19H19N3OS. The topological polar surface area (TPSA) is 54.9 Å². The number of carbonyl (C=O) groups is 1. The second-order valence-electron chi connectivity index (χ2n) is 5.88. The first-order chi connectivity index (χ1) is 11.5. The molecule has 2 aromatic heterocycles. The molecular weight excluding hydrogens is 318 g/mol. The van der Waals surface area contributed by atoms with Crippen LogP contribution in [0.1, 0.15) is 22.4 Å². The molecule has 3 aromatic rings. The van der Waals surface area contributed by atoms with E-state index in [1.807, 2.05) is 31.4 Å². The number of hydrogen-bond acceptors (Lipinski definition) is 4. The summed E-state index contributed by atoms with van der Waals surface area (Å²) < 4.78 is 0. The number of aryl methyl sites for hydroxylation is 3. The van der Waals surface area contributed by atoms with Crippen molar-refractivity contribution in [2.45, 2.75) is 27.2 Å². The first-order valence-electron chi connectivity index (χ1n) is 7.75. The molecule has 1 aromatic carbocycles.